The first kappa shape index (κ1) is 34.0. The summed E-state index contributed by atoms with van der Waals surface area (Å²) in [7, 11) is -1.45. The SMILES string of the molecule is CCCNC(=O)C(CC)N(Cc1ccc(Cl)cc1Cl)C(=O)CN(c1cc(OC)ccc1OC)S(=O)(=O)c1ccc(C)cc1. The van der Waals surface area contributed by atoms with Crippen LogP contribution in [-0.4, -0.2) is 58.5 Å². The van der Waals surface area contributed by atoms with Crippen molar-refractivity contribution >= 4 is 50.7 Å². The number of aryl methyl sites for hydroxylation is 1. The third-order valence-electron chi connectivity index (χ3n) is 6.83. The van der Waals surface area contributed by atoms with Crippen molar-refractivity contribution in [2.75, 3.05) is 31.6 Å². The van der Waals surface area contributed by atoms with Crippen LogP contribution in [0.3, 0.4) is 0 Å². The van der Waals surface area contributed by atoms with Crippen LogP contribution in [0, 0.1) is 6.92 Å². The Morgan fingerprint density at radius 1 is 0.953 bits per heavy atom. The van der Waals surface area contributed by atoms with Gasteiger partial charge in [0.05, 0.1) is 24.8 Å². The number of ether oxygens (including phenoxy) is 2. The molecule has 0 bridgehead atoms. The highest BCUT2D eigenvalue weighted by atomic mass is 35.5. The Morgan fingerprint density at radius 2 is 1.65 bits per heavy atom. The number of nitrogens with one attached hydrogen (secondary N) is 1. The summed E-state index contributed by atoms with van der Waals surface area (Å²) in [5.41, 5.74) is 1.52. The van der Waals surface area contributed by atoms with Crippen molar-refractivity contribution in [3.05, 3.63) is 81.8 Å². The molecule has 0 aliphatic heterocycles. The Kier molecular flexibility index (Phi) is 12.1. The zero-order chi connectivity index (χ0) is 31.7. The molecule has 12 heteroatoms. The van der Waals surface area contributed by atoms with E-state index in [1.165, 1.54) is 37.3 Å². The van der Waals surface area contributed by atoms with Crippen molar-refractivity contribution in [1.29, 1.82) is 0 Å². The molecule has 0 radical (unpaired) electrons. The van der Waals surface area contributed by atoms with E-state index in [0.29, 0.717) is 34.3 Å². The molecule has 0 saturated carbocycles. The van der Waals surface area contributed by atoms with Crippen LogP contribution in [0.25, 0.3) is 0 Å². The summed E-state index contributed by atoms with van der Waals surface area (Å²) in [5.74, 6) is -0.397. The van der Waals surface area contributed by atoms with Crippen molar-refractivity contribution in [1.82, 2.24) is 10.2 Å². The molecule has 1 atom stereocenters. The molecule has 0 saturated heterocycles. The minimum atomic E-state index is -4.30. The van der Waals surface area contributed by atoms with Crippen LogP contribution < -0.4 is 19.1 Å². The lowest BCUT2D eigenvalue weighted by Crippen LogP contribution is -2.52. The summed E-state index contributed by atoms with van der Waals surface area (Å²) in [4.78, 5) is 28.9. The summed E-state index contributed by atoms with van der Waals surface area (Å²) in [5, 5.41) is 3.58. The highest BCUT2D eigenvalue weighted by Crippen LogP contribution is 2.36. The minimum Gasteiger partial charge on any atom is -0.497 e. The van der Waals surface area contributed by atoms with Crippen LogP contribution >= 0.6 is 23.2 Å². The molecule has 43 heavy (non-hydrogen) atoms. The third kappa shape index (κ3) is 8.34. The maximum absolute atomic E-state index is 14.3. The molecule has 1 unspecified atom stereocenters. The first-order valence-corrected chi connectivity index (χ1v) is 16.0. The highest BCUT2D eigenvalue weighted by Gasteiger charge is 2.35. The Morgan fingerprint density at radius 3 is 2.23 bits per heavy atom. The van der Waals surface area contributed by atoms with Gasteiger partial charge in [0.1, 0.15) is 24.1 Å². The van der Waals surface area contributed by atoms with E-state index in [1.54, 1.807) is 49.4 Å². The number of methoxy groups -OCH3 is 2. The van der Waals surface area contributed by atoms with Crippen molar-refractivity contribution in [2.45, 2.75) is 51.1 Å². The number of hydrogen-bond acceptors (Lipinski definition) is 6. The van der Waals surface area contributed by atoms with E-state index < -0.39 is 28.5 Å². The fraction of sp³-hybridized carbons (Fsp3) is 0.355. The molecule has 0 aliphatic rings. The summed E-state index contributed by atoms with van der Waals surface area (Å²) in [6, 6.07) is 15.0. The van der Waals surface area contributed by atoms with Gasteiger partial charge in [-0.15, -0.1) is 0 Å². The number of amides is 2. The molecule has 3 aromatic carbocycles. The summed E-state index contributed by atoms with van der Waals surface area (Å²) in [6.07, 6.45) is 0.983. The van der Waals surface area contributed by atoms with Gasteiger partial charge in [0.25, 0.3) is 10.0 Å². The van der Waals surface area contributed by atoms with Crippen LogP contribution in [0.15, 0.2) is 65.6 Å². The Balaban J connectivity index is 2.16. The Bertz CT molecular complexity index is 1530. The second kappa shape index (κ2) is 15.3. The molecular formula is C31H37Cl2N3O6S. The number of carbonyl (C=O) groups is 2. The minimum absolute atomic E-state index is 0.0178. The fourth-order valence-electron chi connectivity index (χ4n) is 4.46. The van der Waals surface area contributed by atoms with E-state index in [1.807, 2.05) is 13.8 Å². The maximum Gasteiger partial charge on any atom is 0.264 e. The van der Waals surface area contributed by atoms with Crippen LogP contribution in [0.2, 0.25) is 10.0 Å². The van der Waals surface area contributed by atoms with Gasteiger partial charge in [0.2, 0.25) is 11.8 Å². The van der Waals surface area contributed by atoms with E-state index >= 15 is 0 Å². The fourth-order valence-corrected chi connectivity index (χ4v) is 6.35. The van der Waals surface area contributed by atoms with E-state index in [-0.39, 0.29) is 35.2 Å². The topological polar surface area (TPSA) is 105 Å². The molecule has 0 spiro atoms. The normalized spacial score (nSPS) is 11.9. The number of nitrogens with zero attached hydrogens (tertiary/aromatic N) is 2. The van der Waals surface area contributed by atoms with Gasteiger partial charge in [0.15, 0.2) is 0 Å². The lowest BCUT2D eigenvalue weighted by atomic mass is 10.1. The molecular weight excluding hydrogens is 613 g/mol. The zero-order valence-corrected chi connectivity index (χ0v) is 27.2. The average Bonchev–Trinajstić information content (AvgIpc) is 2.99. The van der Waals surface area contributed by atoms with Crippen LogP contribution in [-0.2, 0) is 26.2 Å². The van der Waals surface area contributed by atoms with E-state index in [4.69, 9.17) is 32.7 Å². The Labute approximate surface area is 263 Å². The van der Waals surface area contributed by atoms with Crippen molar-refractivity contribution in [3.63, 3.8) is 0 Å². The van der Waals surface area contributed by atoms with Gasteiger partial charge in [-0.1, -0.05) is 60.8 Å². The van der Waals surface area contributed by atoms with Crippen LogP contribution in [0.5, 0.6) is 11.5 Å². The van der Waals surface area contributed by atoms with Gasteiger partial charge in [-0.3, -0.25) is 13.9 Å². The number of sulfonamides is 1. The third-order valence-corrected chi connectivity index (χ3v) is 9.19. The number of benzene rings is 3. The molecule has 3 aromatic rings. The molecule has 3 rings (SSSR count). The van der Waals surface area contributed by atoms with Gasteiger partial charge >= 0.3 is 0 Å². The number of carbonyl (C=O) groups excluding carboxylic acids is 2. The smallest absolute Gasteiger partial charge is 0.264 e. The molecule has 0 aromatic heterocycles. The maximum atomic E-state index is 14.3. The van der Waals surface area contributed by atoms with E-state index in [0.717, 1.165) is 9.87 Å². The molecule has 9 nitrogen and oxygen atoms in total. The predicted octanol–water partition coefficient (Wildman–Crippen LogP) is 5.85. The number of rotatable bonds is 14. The number of anilines is 1. The summed E-state index contributed by atoms with van der Waals surface area (Å²) < 4.78 is 40.2. The lowest BCUT2D eigenvalue weighted by Gasteiger charge is -2.33. The Hall–Kier alpha value is -3.47. The van der Waals surface area contributed by atoms with Crippen LogP contribution in [0.1, 0.15) is 37.8 Å². The highest BCUT2D eigenvalue weighted by molar-refractivity contribution is 7.92. The van der Waals surface area contributed by atoms with Gasteiger partial charge in [-0.2, -0.15) is 0 Å². The lowest BCUT2D eigenvalue weighted by molar-refractivity contribution is -0.140. The monoisotopic (exact) mass is 649 g/mol. The van der Waals surface area contributed by atoms with Crippen molar-refractivity contribution in [3.8, 4) is 11.5 Å². The second-order valence-corrected chi connectivity index (χ2v) is 12.5. The molecule has 0 fully saturated rings. The number of hydrogen-bond donors (Lipinski definition) is 1. The van der Waals surface area contributed by atoms with Crippen LogP contribution in [0.4, 0.5) is 5.69 Å². The number of halogens is 2. The standard InChI is InChI=1S/C31H37Cl2N3O6S/c1-6-16-34-31(38)27(7-2)35(19-22-10-11-23(32)17-26(22)33)30(37)20-36(28-18-24(41-4)12-15-29(28)42-5)43(39,40)25-13-8-21(3)9-14-25/h8-15,17-18,27H,6-7,16,19-20H2,1-5H3,(H,34,38). The first-order valence-electron chi connectivity index (χ1n) is 13.8. The van der Waals surface area contributed by atoms with Crippen molar-refractivity contribution < 1.29 is 27.5 Å². The second-order valence-electron chi connectivity index (χ2n) is 9.83. The average molecular weight is 651 g/mol. The summed E-state index contributed by atoms with van der Waals surface area (Å²) >= 11 is 12.6. The quantitative estimate of drug-likeness (QED) is 0.235. The zero-order valence-electron chi connectivity index (χ0n) is 24.9. The van der Waals surface area contributed by atoms with Gasteiger partial charge in [0, 0.05) is 29.2 Å². The molecule has 0 aliphatic carbocycles. The van der Waals surface area contributed by atoms with Gasteiger partial charge in [-0.05, 0) is 61.7 Å². The summed E-state index contributed by atoms with van der Waals surface area (Å²) in [6.45, 7) is 5.28. The predicted molar refractivity (Wildman–Crippen MR) is 170 cm³/mol. The molecule has 232 valence electrons. The molecule has 1 N–H and O–H groups in total. The molecule has 0 heterocycles. The van der Waals surface area contributed by atoms with E-state index in [9.17, 15) is 18.0 Å². The largest absolute Gasteiger partial charge is 0.497 e. The molecule has 2 amide bonds. The van der Waals surface area contributed by atoms with E-state index in [2.05, 4.69) is 5.32 Å². The van der Waals surface area contributed by atoms with Crippen molar-refractivity contribution in [2.24, 2.45) is 0 Å². The van der Waals surface area contributed by atoms with Gasteiger partial charge < -0.3 is 19.7 Å². The first-order chi connectivity index (χ1) is 20.5. The van der Waals surface area contributed by atoms with Gasteiger partial charge in [-0.25, -0.2) is 8.42 Å².